The van der Waals surface area contributed by atoms with Crippen molar-refractivity contribution in [3.05, 3.63) is 66.6 Å². The molecule has 0 aliphatic carbocycles. The number of fused-ring (bicyclic) bond motifs is 1. The Labute approximate surface area is 200 Å². The molecule has 0 bridgehead atoms. The summed E-state index contributed by atoms with van der Waals surface area (Å²) in [4.78, 5) is 10.2. The lowest BCUT2D eigenvalue weighted by Gasteiger charge is -2.26. The van der Waals surface area contributed by atoms with E-state index in [1.807, 2.05) is 29.2 Å². The lowest BCUT2D eigenvalue weighted by atomic mass is 10.1. The molecule has 182 valence electrons. The number of hydrogen-bond acceptors (Lipinski definition) is 7. The van der Waals surface area contributed by atoms with Crippen LogP contribution >= 0.6 is 0 Å². The van der Waals surface area contributed by atoms with Crippen LogP contribution in [0.25, 0.3) is 16.9 Å². The summed E-state index contributed by atoms with van der Waals surface area (Å²) in [6, 6.07) is 9.84. The summed E-state index contributed by atoms with van der Waals surface area (Å²) >= 11 is 0. The van der Waals surface area contributed by atoms with E-state index in [4.69, 9.17) is 4.74 Å². The molecule has 35 heavy (non-hydrogen) atoms. The van der Waals surface area contributed by atoms with Gasteiger partial charge in [0.15, 0.2) is 0 Å². The minimum Gasteiger partial charge on any atom is -0.497 e. The number of hydrogen-bond donors (Lipinski definition) is 0. The van der Waals surface area contributed by atoms with Gasteiger partial charge in [0.25, 0.3) is 5.78 Å². The van der Waals surface area contributed by atoms with Crippen molar-refractivity contribution in [2.45, 2.75) is 11.3 Å². The Morgan fingerprint density at radius 3 is 2.40 bits per heavy atom. The zero-order chi connectivity index (χ0) is 24.6. The summed E-state index contributed by atoms with van der Waals surface area (Å²) < 4.78 is 61.8. The number of nitrogens with zero attached hydrogens (tertiary/aromatic N) is 6. The third-order valence-corrected chi connectivity index (χ3v) is 7.79. The summed E-state index contributed by atoms with van der Waals surface area (Å²) in [7, 11) is -2.48. The molecule has 9 nitrogen and oxygen atoms in total. The molecule has 1 aliphatic rings. The molecule has 1 fully saturated rings. The van der Waals surface area contributed by atoms with Crippen LogP contribution in [0.5, 0.6) is 5.75 Å². The number of rotatable bonds is 5. The van der Waals surface area contributed by atoms with E-state index in [1.165, 1.54) is 10.6 Å². The highest BCUT2D eigenvalue weighted by Gasteiger charge is 2.29. The van der Waals surface area contributed by atoms with Gasteiger partial charge in [0, 0.05) is 44.0 Å². The smallest absolute Gasteiger partial charge is 0.254 e. The van der Waals surface area contributed by atoms with Crippen molar-refractivity contribution >= 4 is 21.6 Å². The number of methoxy groups -OCH3 is 1. The first-order chi connectivity index (χ1) is 16.9. The molecule has 12 heteroatoms. The van der Waals surface area contributed by atoms with E-state index in [0.29, 0.717) is 31.4 Å². The summed E-state index contributed by atoms with van der Waals surface area (Å²) in [5.74, 6) is -0.00605. The van der Waals surface area contributed by atoms with Crippen molar-refractivity contribution in [1.29, 1.82) is 0 Å². The van der Waals surface area contributed by atoms with Gasteiger partial charge in [-0.05, 0) is 36.2 Å². The second-order valence-corrected chi connectivity index (χ2v) is 9.98. The van der Waals surface area contributed by atoms with Crippen molar-refractivity contribution < 1.29 is 21.9 Å². The first-order valence-electron chi connectivity index (χ1n) is 10.9. The molecule has 0 radical (unpaired) electrons. The fourth-order valence-electron chi connectivity index (χ4n) is 4.22. The van der Waals surface area contributed by atoms with E-state index in [2.05, 4.69) is 15.1 Å². The molecule has 0 unspecified atom stereocenters. The molecule has 4 aromatic rings. The molecule has 0 atom stereocenters. The van der Waals surface area contributed by atoms with Crippen LogP contribution in [-0.4, -0.2) is 65.6 Å². The molecule has 5 rings (SSSR count). The molecular formula is C23H22F2N6O3S. The minimum atomic E-state index is -4.07. The Bertz CT molecular complexity index is 1460. The van der Waals surface area contributed by atoms with Crippen molar-refractivity contribution in [2.24, 2.45) is 0 Å². The predicted molar refractivity (Wildman–Crippen MR) is 125 cm³/mol. The average molecular weight is 501 g/mol. The Morgan fingerprint density at radius 1 is 0.943 bits per heavy atom. The van der Waals surface area contributed by atoms with E-state index < -0.39 is 26.6 Å². The summed E-state index contributed by atoms with van der Waals surface area (Å²) in [6.07, 6.45) is 3.63. The highest BCUT2D eigenvalue weighted by Crippen LogP contribution is 2.32. The zero-order valence-electron chi connectivity index (χ0n) is 18.8. The number of aromatic nitrogens is 4. The summed E-state index contributed by atoms with van der Waals surface area (Å²) in [5, 5.41) is 4.34. The zero-order valence-corrected chi connectivity index (χ0v) is 19.6. The van der Waals surface area contributed by atoms with Crippen LogP contribution in [0, 0.1) is 11.6 Å². The molecule has 2 aromatic carbocycles. The van der Waals surface area contributed by atoms with E-state index in [0.717, 1.165) is 34.8 Å². The highest BCUT2D eigenvalue weighted by atomic mass is 32.2. The van der Waals surface area contributed by atoms with Gasteiger partial charge >= 0.3 is 0 Å². The monoisotopic (exact) mass is 500 g/mol. The highest BCUT2D eigenvalue weighted by molar-refractivity contribution is 7.89. The number of halogens is 2. The van der Waals surface area contributed by atoms with E-state index >= 15 is 0 Å². The SMILES string of the molecule is COc1ccc(-c2cnc3ncnn3c2N2CCCN(S(=O)(=O)c3cc(F)cc(F)c3)CC2)cc1. The fraction of sp³-hybridized carbons (Fsp3) is 0.261. The Morgan fingerprint density at radius 2 is 1.69 bits per heavy atom. The number of benzene rings is 2. The van der Waals surface area contributed by atoms with Gasteiger partial charge in [0.1, 0.15) is 29.5 Å². The molecule has 2 aromatic heterocycles. The number of anilines is 1. The second kappa shape index (κ2) is 9.19. The topological polar surface area (TPSA) is 92.9 Å². The standard InChI is InChI=1S/C23H22F2N6O3S/c1-34-19-5-3-16(4-6-19)21-14-26-23-27-15-28-31(23)22(21)29-7-2-8-30(10-9-29)35(32,33)20-12-17(24)11-18(25)13-20/h3-6,11-15H,2,7-10H2,1H3. The average Bonchev–Trinajstić information content (AvgIpc) is 3.19. The molecular weight excluding hydrogens is 478 g/mol. The van der Waals surface area contributed by atoms with Crippen LogP contribution in [0.4, 0.5) is 14.6 Å². The molecule has 0 amide bonds. The van der Waals surface area contributed by atoms with E-state index in [-0.39, 0.29) is 13.1 Å². The van der Waals surface area contributed by atoms with Crippen LogP contribution in [0.2, 0.25) is 0 Å². The fourth-order valence-corrected chi connectivity index (χ4v) is 5.73. The molecule has 0 spiro atoms. The molecule has 1 aliphatic heterocycles. The van der Waals surface area contributed by atoms with Gasteiger partial charge in [-0.3, -0.25) is 0 Å². The van der Waals surface area contributed by atoms with Crippen LogP contribution in [0.15, 0.2) is 59.9 Å². The van der Waals surface area contributed by atoms with Gasteiger partial charge in [-0.25, -0.2) is 22.2 Å². The van der Waals surface area contributed by atoms with Gasteiger partial charge in [0.05, 0.1) is 12.0 Å². The quantitative estimate of drug-likeness (QED) is 0.416. The summed E-state index contributed by atoms with van der Waals surface area (Å²) in [5.41, 5.74) is 1.68. The normalized spacial score (nSPS) is 15.3. The maximum atomic E-state index is 13.7. The maximum Gasteiger partial charge on any atom is 0.254 e. The molecule has 0 saturated carbocycles. The number of ether oxygens (including phenoxy) is 1. The third-order valence-electron chi connectivity index (χ3n) is 5.91. The van der Waals surface area contributed by atoms with Crippen LogP contribution in [0.1, 0.15) is 6.42 Å². The van der Waals surface area contributed by atoms with Gasteiger partial charge in [0.2, 0.25) is 10.0 Å². The van der Waals surface area contributed by atoms with Crippen LogP contribution in [-0.2, 0) is 10.0 Å². The third kappa shape index (κ3) is 4.42. The van der Waals surface area contributed by atoms with E-state index in [1.54, 1.807) is 17.8 Å². The van der Waals surface area contributed by atoms with Crippen molar-refractivity contribution in [3.63, 3.8) is 0 Å². The van der Waals surface area contributed by atoms with Crippen molar-refractivity contribution in [3.8, 4) is 16.9 Å². The Hall–Kier alpha value is -3.64. The number of sulfonamides is 1. The first-order valence-corrected chi connectivity index (χ1v) is 12.4. The maximum absolute atomic E-state index is 13.7. The minimum absolute atomic E-state index is 0.126. The lowest BCUT2D eigenvalue weighted by Crippen LogP contribution is -2.36. The largest absolute Gasteiger partial charge is 0.497 e. The molecule has 1 saturated heterocycles. The van der Waals surface area contributed by atoms with Crippen LogP contribution < -0.4 is 9.64 Å². The second-order valence-electron chi connectivity index (χ2n) is 8.05. The summed E-state index contributed by atoms with van der Waals surface area (Å²) in [6.45, 7) is 1.20. The van der Waals surface area contributed by atoms with E-state index in [9.17, 15) is 17.2 Å². The van der Waals surface area contributed by atoms with Gasteiger partial charge in [-0.2, -0.15) is 18.9 Å². The lowest BCUT2D eigenvalue weighted by molar-refractivity contribution is 0.415. The first kappa shape index (κ1) is 23.1. The van der Waals surface area contributed by atoms with Crippen molar-refractivity contribution in [1.82, 2.24) is 23.9 Å². The van der Waals surface area contributed by atoms with Gasteiger partial charge in [-0.15, -0.1) is 0 Å². The van der Waals surface area contributed by atoms with Gasteiger partial charge < -0.3 is 9.64 Å². The van der Waals surface area contributed by atoms with Crippen LogP contribution in [0.3, 0.4) is 0 Å². The predicted octanol–water partition coefficient (Wildman–Crippen LogP) is 2.98. The van der Waals surface area contributed by atoms with Gasteiger partial charge in [-0.1, -0.05) is 12.1 Å². The van der Waals surface area contributed by atoms with Crippen molar-refractivity contribution in [2.75, 3.05) is 38.2 Å². The molecule has 3 heterocycles. The molecule has 0 N–H and O–H groups in total. The Kier molecular flexibility index (Phi) is 6.07. The Balaban J connectivity index is 1.49.